The average molecular weight is 447 g/mol. The van der Waals surface area contributed by atoms with E-state index in [1.807, 2.05) is 38.7 Å². The van der Waals surface area contributed by atoms with Gasteiger partial charge in [0.05, 0.1) is 19.6 Å². The first-order valence-corrected chi connectivity index (χ1v) is 11.8. The van der Waals surface area contributed by atoms with Crippen molar-refractivity contribution in [3.05, 3.63) is 23.8 Å². The number of amides is 1. The molecule has 0 saturated carbocycles. The fourth-order valence-electron chi connectivity index (χ4n) is 4.59. The van der Waals surface area contributed by atoms with Crippen LogP contribution in [-0.2, 0) is 14.3 Å². The van der Waals surface area contributed by atoms with Gasteiger partial charge in [0, 0.05) is 37.9 Å². The second-order valence-corrected chi connectivity index (χ2v) is 9.68. The molecule has 2 aliphatic rings. The molecule has 0 radical (unpaired) electrons. The highest BCUT2D eigenvalue weighted by Crippen LogP contribution is 2.38. The summed E-state index contributed by atoms with van der Waals surface area (Å²) in [7, 11) is 1.69. The molecular weight excluding hydrogens is 408 g/mol. The second kappa shape index (κ2) is 10.5. The SMILES string of the molecule is CCOC(=O)C1CCN(c2cc(OC)ccc2C2CCN(C(=O)OC(C)(C)C)CC2)CC1. The van der Waals surface area contributed by atoms with E-state index in [0.717, 1.165) is 44.5 Å². The number of carbonyl (C=O) groups is 2. The largest absolute Gasteiger partial charge is 0.497 e. The third kappa shape index (κ3) is 6.08. The molecular formula is C25H38N2O5. The number of hydrogen-bond acceptors (Lipinski definition) is 6. The van der Waals surface area contributed by atoms with Crippen LogP contribution in [0.5, 0.6) is 5.75 Å². The summed E-state index contributed by atoms with van der Waals surface area (Å²) in [5.74, 6) is 1.12. The van der Waals surface area contributed by atoms with E-state index in [9.17, 15) is 9.59 Å². The molecule has 7 nitrogen and oxygen atoms in total. The van der Waals surface area contributed by atoms with Crippen LogP contribution in [-0.4, -0.2) is 62.5 Å². The first kappa shape index (κ1) is 24.2. The highest BCUT2D eigenvalue weighted by atomic mass is 16.6. The molecule has 2 aliphatic heterocycles. The van der Waals surface area contributed by atoms with Crippen LogP contribution < -0.4 is 9.64 Å². The minimum absolute atomic E-state index is 0.0164. The van der Waals surface area contributed by atoms with Crippen LogP contribution in [0.15, 0.2) is 18.2 Å². The van der Waals surface area contributed by atoms with E-state index in [0.29, 0.717) is 25.6 Å². The summed E-state index contributed by atoms with van der Waals surface area (Å²) in [5, 5.41) is 0. The number of anilines is 1. The van der Waals surface area contributed by atoms with Crippen molar-refractivity contribution in [2.24, 2.45) is 5.92 Å². The number of carbonyl (C=O) groups excluding carboxylic acids is 2. The Kier molecular flexibility index (Phi) is 7.91. The fourth-order valence-corrected chi connectivity index (χ4v) is 4.59. The molecule has 178 valence electrons. The Morgan fingerprint density at radius 2 is 1.69 bits per heavy atom. The molecule has 32 heavy (non-hydrogen) atoms. The molecule has 2 saturated heterocycles. The second-order valence-electron chi connectivity index (χ2n) is 9.68. The molecule has 1 aromatic carbocycles. The summed E-state index contributed by atoms with van der Waals surface area (Å²) in [6.45, 7) is 11.0. The Morgan fingerprint density at radius 3 is 2.25 bits per heavy atom. The van der Waals surface area contributed by atoms with Gasteiger partial charge >= 0.3 is 12.1 Å². The van der Waals surface area contributed by atoms with Gasteiger partial charge in [-0.15, -0.1) is 0 Å². The van der Waals surface area contributed by atoms with E-state index < -0.39 is 5.60 Å². The van der Waals surface area contributed by atoms with Gasteiger partial charge in [-0.2, -0.15) is 0 Å². The van der Waals surface area contributed by atoms with Gasteiger partial charge in [0.25, 0.3) is 0 Å². The van der Waals surface area contributed by atoms with Gasteiger partial charge < -0.3 is 24.0 Å². The number of rotatable bonds is 5. The van der Waals surface area contributed by atoms with Crippen LogP contribution in [0.4, 0.5) is 10.5 Å². The third-order valence-electron chi connectivity index (χ3n) is 6.28. The van der Waals surface area contributed by atoms with Crippen LogP contribution >= 0.6 is 0 Å². The third-order valence-corrected chi connectivity index (χ3v) is 6.28. The predicted octanol–water partition coefficient (Wildman–Crippen LogP) is 4.59. The van der Waals surface area contributed by atoms with Crippen LogP contribution in [0.1, 0.15) is 64.9 Å². The molecule has 7 heteroatoms. The monoisotopic (exact) mass is 446 g/mol. The van der Waals surface area contributed by atoms with Crippen molar-refractivity contribution >= 4 is 17.7 Å². The molecule has 3 rings (SSSR count). The Balaban J connectivity index is 1.68. The lowest BCUT2D eigenvalue weighted by atomic mass is 9.87. The van der Waals surface area contributed by atoms with E-state index in [-0.39, 0.29) is 18.0 Å². The zero-order valence-electron chi connectivity index (χ0n) is 20.2. The number of likely N-dealkylation sites (tertiary alicyclic amines) is 1. The molecule has 1 amide bonds. The van der Waals surface area contributed by atoms with Crippen molar-refractivity contribution in [1.29, 1.82) is 0 Å². The quantitative estimate of drug-likeness (QED) is 0.616. The number of nitrogens with zero attached hydrogens (tertiary/aromatic N) is 2. The highest BCUT2D eigenvalue weighted by Gasteiger charge is 2.31. The van der Waals surface area contributed by atoms with Gasteiger partial charge in [0.1, 0.15) is 11.4 Å². The smallest absolute Gasteiger partial charge is 0.410 e. The summed E-state index contributed by atoms with van der Waals surface area (Å²) in [5.41, 5.74) is 2.00. The maximum Gasteiger partial charge on any atom is 0.410 e. The van der Waals surface area contributed by atoms with E-state index in [1.165, 1.54) is 11.3 Å². The number of ether oxygens (including phenoxy) is 3. The molecule has 0 N–H and O–H groups in total. The Hall–Kier alpha value is -2.44. The van der Waals surface area contributed by atoms with Crippen molar-refractivity contribution in [3.63, 3.8) is 0 Å². The minimum Gasteiger partial charge on any atom is -0.497 e. The standard InChI is InChI=1S/C25H38N2O5/c1-6-31-23(28)19-11-13-26(14-12-19)22-17-20(30-5)7-8-21(22)18-9-15-27(16-10-18)24(29)32-25(2,3)4/h7-8,17-19H,6,9-16H2,1-5H3. The summed E-state index contributed by atoms with van der Waals surface area (Å²) in [4.78, 5) is 28.7. The minimum atomic E-state index is -0.479. The number of hydrogen-bond donors (Lipinski definition) is 0. The zero-order chi connectivity index (χ0) is 23.3. The van der Waals surface area contributed by atoms with E-state index in [1.54, 1.807) is 7.11 Å². The molecule has 0 spiro atoms. The van der Waals surface area contributed by atoms with Gasteiger partial charge in [-0.1, -0.05) is 6.07 Å². The maximum absolute atomic E-state index is 12.4. The Labute approximate surface area is 192 Å². The van der Waals surface area contributed by atoms with Crippen molar-refractivity contribution in [2.75, 3.05) is 44.8 Å². The van der Waals surface area contributed by atoms with Crippen LogP contribution in [0.2, 0.25) is 0 Å². The van der Waals surface area contributed by atoms with Crippen LogP contribution in [0, 0.1) is 5.92 Å². The fraction of sp³-hybridized carbons (Fsp3) is 0.680. The normalized spacial score (nSPS) is 18.4. The summed E-state index contributed by atoms with van der Waals surface area (Å²) in [6.07, 6.45) is 3.17. The lowest BCUT2D eigenvalue weighted by Gasteiger charge is -2.37. The highest BCUT2D eigenvalue weighted by molar-refractivity contribution is 5.73. The molecule has 0 atom stereocenters. The van der Waals surface area contributed by atoms with Crippen molar-refractivity contribution in [2.45, 2.75) is 64.9 Å². The van der Waals surface area contributed by atoms with E-state index in [4.69, 9.17) is 14.2 Å². The molecule has 0 unspecified atom stereocenters. The molecule has 2 fully saturated rings. The molecule has 0 aromatic heterocycles. The molecule has 0 bridgehead atoms. The molecule has 2 heterocycles. The molecule has 1 aromatic rings. The predicted molar refractivity (Wildman–Crippen MR) is 124 cm³/mol. The lowest BCUT2D eigenvalue weighted by Crippen LogP contribution is -2.41. The first-order chi connectivity index (χ1) is 15.2. The Bertz CT molecular complexity index is 788. The zero-order valence-corrected chi connectivity index (χ0v) is 20.2. The summed E-state index contributed by atoms with van der Waals surface area (Å²) < 4.78 is 16.3. The number of piperidine rings is 2. The molecule has 0 aliphatic carbocycles. The van der Waals surface area contributed by atoms with Gasteiger partial charge in [-0.25, -0.2) is 4.79 Å². The summed E-state index contributed by atoms with van der Waals surface area (Å²) in [6, 6.07) is 6.30. The Morgan fingerprint density at radius 1 is 1.03 bits per heavy atom. The first-order valence-electron chi connectivity index (χ1n) is 11.8. The topological polar surface area (TPSA) is 68.3 Å². The van der Waals surface area contributed by atoms with E-state index in [2.05, 4.69) is 17.0 Å². The van der Waals surface area contributed by atoms with Crippen LogP contribution in [0.3, 0.4) is 0 Å². The average Bonchev–Trinajstić information content (AvgIpc) is 2.78. The van der Waals surface area contributed by atoms with Crippen molar-refractivity contribution < 1.29 is 23.8 Å². The number of benzene rings is 1. The number of esters is 1. The van der Waals surface area contributed by atoms with Gasteiger partial charge in [0.2, 0.25) is 0 Å². The van der Waals surface area contributed by atoms with Crippen molar-refractivity contribution in [1.82, 2.24) is 4.90 Å². The lowest BCUT2D eigenvalue weighted by molar-refractivity contribution is -0.148. The van der Waals surface area contributed by atoms with E-state index >= 15 is 0 Å². The maximum atomic E-state index is 12.4. The van der Waals surface area contributed by atoms with Gasteiger partial charge in [-0.05, 0) is 70.9 Å². The van der Waals surface area contributed by atoms with Gasteiger partial charge in [0.15, 0.2) is 0 Å². The van der Waals surface area contributed by atoms with Crippen molar-refractivity contribution in [3.8, 4) is 5.75 Å². The van der Waals surface area contributed by atoms with Gasteiger partial charge in [-0.3, -0.25) is 4.79 Å². The number of methoxy groups -OCH3 is 1. The van der Waals surface area contributed by atoms with Crippen LogP contribution in [0.25, 0.3) is 0 Å². The summed E-state index contributed by atoms with van der Waals surface area (Å²) >= 11 is 0.